The van der Waals surface area contributed by atoms with Crippen molar-refractivity contribution in [1.29, 1.82) is 0 Å². The Labute approximate surface area is 74.7 Å². The van der Waals surface area contributed by atoms with Gasteiger partial charge in [-0.1, -0.05) is 0 Å². The molecule has 0 bridgehead atoms. The molecule has 2 N–H and O–H groups in total. The molecular formula is C11H19N. The van der Waals surface area contributed by atoms with Crippen LogP contribution in [-0.2, 0) is 0 Å². The fourth-order valence-electron chi connectivity index (χ4n) is 3.89. The van der Waals surface area contributed by atoms with E-state index in [9.17, 15) is 0 Å². The summed E-state index contributed by atoms with van der Waals surface area (Å²) in [5.74, 6) is 4.52. The zero-order valence-corrected chi connectivity index (χ0v) is 7.71. The van der Waals surface area contributed by atoms with Crippen molar-refractivity contribution in [3.63, 3.8) is 0 Å². The van der Waals surface area contributed by atoms with Crippen molar-refractivity contribution >= 4 is 0 Å². The predicted molar refractivity (Wildman–Crippen MR) is 49.6 cm³/mol. The largest absolute Gasteiger partial charge is 0.328 e. The van der Waals surface area contributed by atoms with Crippen LogP contribution < -0.4 is 5.73 Å². The molecule has 68 valence electrons. The zero-order valence-electron chi connectivity index (χ0n) is 7.71. The second kappa shape index (κ2) is 2.47. The standard InChI is InChI=1S/C11H19N/c12-10-3-1-7-5-9-6-8(2-4-10)11(7)9/h7-11H,1-6,12H2/t7-,8+,9?,10-,11?. The van der Waals surface area contributed by atoms with Gasteiger partial charge in [-0.3, -0.25) is 0 Å². The smallest absolute Gasteiger partial charge is 0.00390 e. The third-order valence-corrected chi connectivity index (χ3v) is 4.66. The minimum Gasteiger partial charge on any atom is -0.328 e. The Balaban J connectivity index is 1.69. The lowest BCUT2D eigenvalue weighted by atomic mass is 9.45. The lowest BCUT2D eigenvalue weighted by Crippen LogP contribution is -2.53. The van der Waals surface area contributed by atoms with Gasteiger partial charge < -0.3 is 5.73 Å². The van der Waals surface area contributed by atoms with E-state index in [0.29, 0.717) is 6.04 Å². The monoisotopic (exact) mass is 165 g/mol. The summed E-state index contributed by atoms with van der Waals surface area (Å²) in [5, 5.41) is 0. The number of rotatable bonds is 0. The van der Waals surface area contributed by atoms with Gasteiger partial charge in [0.05, 0.1) is 0 Å². The maximum absolute atomic E-state index is 6.02. The molecule has 3 fully saturated rings. The molecule has 3 aliphatic carbocycles. The van der Waals surface area contributed by atoms with Gasteiger partial charge in [-0.05, 0) is 62.2 Å². The zero-order chi connectivity index (χ0) is 8.13. The molecule has 0 aromatic heterocycles. The van der Waals surface area contributed by atoms with E-state index in [4.69, 9.17) is 5.73 Å². The highest BCUT2D eigenvalue weighted by Crippen LogP contribution is 2.61. The van der Waals surface area contributed by atoms with Crippen molar-refractivity contribution in [2.75, 3.05) is 0 Å². The van der Waals surface area contributed by atoms with Crippen LogP contribution in [0.2, 0.25) is 0 Å². The van der Waals surface area contributed by atoms with Crippen molar-refractivity contribution in [1.82, 2.24) is 0 Å². The van der Waals surface area contributed by atoms with Crippen LogP contribution in [0.15, 0.2) is 0 Å². The van der Waals surface area contributed by atoms with E-state index < -0.39 is 0 Å². The minimum absolute atomic E-state index is 0.533. The van der Waals surface area contributed by atoms with E-state index in [1.54, 1.807) is 12.8 Å². The summed E-state index contributed by atoms with van der Waals surface area (Å²) in [6.45, 7) is 0. The summed E-state index contributed by atoms with van der Waals surface area (Å²) in [5.41, 5.74) is 6.02. The predicted octanol–water partition coefficient (Wildman–Crippen LogP) is 2.16. The van der Waals surface area contributed by atoms with Gasteiger partial charge in [0.15, 0.2) is 0 Å². The van der Waals surface area contributed by atoms with E-state index in [2.05, 4.69) is 0 Å². The number of hydrogen-bond acceptors (Lipinski definition) is 1. The van der Waals surface area contributed by atoms with Crippen LogP contribution in [0.5, 0.6) is 0 Å². The third-order valence-electron chi connectivity index (χ3n) is 4.66. The molecule has 0 radical (unpaired) electrons. The van der Waals surface area contributed by atoms with Crippen LogP contribution in [0.4, 0.5) is 0 Å². The van der Waals surface area contributed by atoms with Crippen LogP contribution in [0.1, 0.15) is 38.5 Å². The first-order chi connectivity index (χ1) is 5.84. The maximum atomic E-state index is 6.02. The van der Waals surface area contributed by atoms with Gasteiger partial charge >= 0.3 is 0 Å². The Morgan fingerprint density at radius 2 is 1.33 bits per heavy atom. The van der Waals surface area contributed by atoms with E-state index in [1.165, 1.54) is 25.7 Å². The Bertz CT molecular complexity index is 171. The molecule has 0 aromatic rings. The van der Waals surface area contributed by atoms with Crippen molar-refractivity contribution < 1.29 is 0 Å². The SMILES string of the molecule is N[C@@H]1CC[C@@H]2CC3C[C@H](CC1)C32. The minimum atomic E-state index is 0.533. The van der Waals surface area contributed by atoms with E-state index in [0.717, 1.165) is 23.7 Å². The topological polar surface area (TPSA) is 26.0 Å². The van der Waals surface area contributed by atoms with Crippen LogP contribution in [0.3, 0.4) is 0 Å². The molecular weight excluding hydrogens is 146 g/mol. The molecule has 3 rings (SSSR count). The lowest BCUT2D eigenvalue weighted by molar-refractivity contribution is -0.103. The van der Waals surface area contributed by atoms with Crippen LogP contribution in [0.25, 0.3) is 0 Å². The highest BCUT2D eigenvalue weighted by Gasteiger charge is 2.53. The molecule has 0 heterocycles. The Kier molecular flexibility index (Phi) is 1.52. The van der Waals surface area contributed by atoms with Crippen molar-refractivity contribution in [3.05, 3.63) is 0 Å². The number of hydrogen-bond donors (Lipinski definition) is 1. The molecule has 1 heteroatoms. The molecule has 3 saturated carbocycles. The second-order valence-electron chi connectivity index (χ2n) is 5.24. The summed E-state index contributed by atoms with van der Waals surface area (Å²) >= 11 is 0. The summed E-state index contributed by atoms with van der Waals surface area (Å²) in [6.07, 6.45) is 8.60. The molecule has 0 amide bonds. The first-order valence-corrected chi connectivity index (χ1v) is 5.60. The molecule has 5 atom stereocenters. The summed E-state index contributed by atoms with van der Waals surface area (Å²) in [7, 11) is 0. The van der Waals surface area contributed by atoms with Gasteiger partial charge in [0.25, 0.3) is 0 Å². The third kappa shape index (κ3) is 0.891. The molecule has 0 aliphatic heterocycles. The molecule has 3 aliphatic rings. The van der Waals surface area contributed by atoms with E-state index >= 15 is 0 Å². The highest BCUT2D eigenvalue weighted by atomic mass is 14.7. The van der Waals surface area contributed by atoms with Gasteiger partial charge in [-0.25, -0.2) is 0 Å². The van der Waals surface area contributed by atoms with E-state index in [1.807, 2.05) is 0 Å². The molecule has 12 heavy (non-hydrogen) atoms. The van der Waals surface area contributed by atoms with Crippen molar-refractivity contribution in [3.8, 4) is 0 Å². The first kappa shape index (κ1) is 7.37. The Morgan fingerprint density at radius 1 is 0.750 bits per heavy atom. The Hall–Kier alpha value is -0.0400. The second-order valence-corrected chi connectivity index (χ2v) is 5.24. The van der Waals surface area contributed by atoms with Gasteiger partial charge in [0.2, 0.25) is 0 Å². The molecule has 0 saturated heterocycles. The average Bonchev–Trinajstić information content (AvgIpc) is 2.03. The van der Waals surface area contributed by atoms with Crippen molar-refractivity contribution in [2.45, 2.75) is 44.6 Å². The lowest BCUT2D eigenvalue weighted by Gasteiger charge is -2.60. The van der Waals surface area contributed by atoms with Crippen molar-refractivity contribution in [2.24, 2.45) is 29.4 Å². The first-order valence-electron chi connectivity index (χ1n) is 5.60. The Morgan fingerprint density at radius 3 is 1.83 bits per heavy atom. The highest BCUT2D eigenvalue weighted by molar-refractivity contribution is 5.03. The van der Waals surface area contributed by atoms with Gasteiger partial charge in [0, 0.05) is 6.04 Å². The summed E-state index contributed by atoms with van der Waals surface area (Å²) in [4.78, 5) is 0. The van der Waals surface area contributed by atoms with Crippen LogP contribution in [-0.4, -0.2) is 6.04 Å². The van der Waals surface area contributed by atoms with Gasteiger partial charge in [0.1, 0.15) is 0 Å². The molecule has 2 unspecified atom stereocenters. The van der Waals surface area contributed by atoms with Gasteiger partial charge in [-0.15, -0.1) is 0 Å². The quantitative estimate of drug-likeness (QED) is 0.585. The van der Waals surface area contributed by atoms with Crippen LogP contribution >= 0.6 is 0 Å². The van der Waals surface area contributed by atoms with Gasteiger partial charge in [-0.2, -0.15) is 0 Å². The number of nitrogens with two attached hydrogens (primary N) is 1. The van der Waals surface area contributed by atoms with Crippen LogP contribution in [0, 0.1) is 23.7 Å². The average molecular weight is 165 g/mol. The fraction of sp³-hybridized carbons (Fsp3) is 1.00. The molecule has 0 spiro atoms. The molecule has 0 aromatic carbocycles. The molecule has 1 nitrogen and oxygen atoms in total. The maximum Gasteiger partial charge on any atom is 0.00390 e. The van der Waals surface area contributed by atoms with E-state index in [-0.39, 0.29) is 0 Å². The fourth-order valence-corrected chi connectivity index (χ4v) is 3.89. The normalized spacial score (nSPS) is 57.2. The summed E-state index contributed by atoms with van der Waals surface area (Å²) < 4.78 is 0. The summed E-state index contributed by atoms with van der Waals surface area (Å²) in [6, 6.07) is 0.533.